The van der Waals surface area contributed by atoms with Crippen LogP contribution in [0.1, 0.15) is 80.5 Å². The number of anilines is 2. The van der Waals surface area contributed by atoms with E-state index in [9.17, 15) is 14.7 Å². The molecular formula is C36H47N7O4S. The van der Waals surface area contributed by atoms with Crippen LogP contribution in [0.4, 0.5) is 16.3 Å². The Morgan fingerprint density at radius 3 is 2.50 bits per heavy atom. The molecule has 0 saturated carbocycles. The van der Waals surface area contributed by atoms with E-state index >= 15 is 0 Å². The molecular weight excluding hydrogens is 627 g/mol. The minimum absolute atomic E-state index is 0.0241. The fourth-order valence-electron chi connectivity index (χ4n) is 5.03. The van der Waals surface area contributed by atoms with Crippen molar-refractivity contribution in [3.63, 3.8) is 0 Å². The van der Waals surface area contributed by atoms with Gasteiger partial charge >= 0.3 is 6.09 Å². The minimum atomic E-state index is -0.620. The number of hydrogen-bond acceptors (Lipinski definition) is 7. The Morgan fingerprint density at radius 1 is 1.00 bits per heavy atom. The summed E-state index contributed by atoms with van der Waals surface area (Å²) in [7, 11) is 1.93. The Labute approximate surface area is 286 Å². The molecule has 2 heterocycles. The van der Waals surface area contributed by atoms with Gasteiger partial charge in [0.1, 0.15) is 17.5 Å². The lowest BCUT2D eigenvalue weighted by molar-refractivity contribution is 0.0986. The van der Waals surface area contributed by atoms with Crippen molar-refractivity contribution < 1.29 is 19.4 Å². The normalized spacial score (nSPS) is 11.5. The maximum Gasteiger partial charge on any atom is 0.412 e. The number of fused-ring (bicyclic) bond motifs is 1. The Hall–Kier alpha value is -4.55. The molecule has 11 nitrogen and oxygen atoms in total. The molecule has 2 amide bonds. The summed E-state index contributed by atoms with van der Waals surface area (Å²) in [5, 5.41) is 24.9. The van der Waals surface area contributed by atoms with Gasteiger partial charge in [0, 0.05) is 43.0 Å². The molecule has 2 aromatic carbocycles. The fourth-order valence-corrected chi connectivity index (χ4v) is 6.02. The van der Waals surface area contributed by atoms with Crippen LogP contribution in [-0.2, 0) is 18.3 Å². The number of nitrogens with zero attached hydrogens (tertiary/aromatic N) is 4. The molecule has 0 aliphatic carbocycles. The minimum Gasteiger partial charge on any atom is -0.449 e. The van der Waals surface area contributed by atoms with Crippen LogP contribution >= 0.6 is 11.4 Å². The first-order chi connectivity index (χ1) is 23.3. The van der Waals surface area contributed by atoms with Crippen LogP contribution in [0.15, 0.2) is 66.9 Å². The lowest BCUT2D eigenvalue weighted by Gasteiger charge is -2.22. The number of thiol groups is 1. The van der Waals surface area contributed by atoms with Gasteiger partial charge in [0.25, 0.3) is 5.91 Å². The van der Waals surface area contributed by atoms with E-state index in [-0.39, 0.29) is 11.7 Å². The Bertz CT molecular complexity index is 1690. The van der Waals surface area contributed by atoms with Crippen molar-refractivity contribution in [3.05, 3.63) is 83.8 Å². The van der Waals surface area contributed by atoms with E-state index in [1.165, 1.54) is 0 Å². The first-order valence-electron chi connectivity index (χ1n) is 16.6. The number of carbonyl (C=O) groups is 2. The number of pyridine rings is 1. The van der Waals surface area contributed by atoms with E-state index in [0.717, 1.165) is 72.7 Å². The van der Waals surface area contributed by atoms with Crippen LogP contribution in [0, 0.1) is 5.41 Å². The first-order valence-corrected chi connectivity index (χ1v) is 17.7. The third-order valence-electron chi connectivity index (χ3n) is 7.84. The third-order valence-corrected chi connectivity index (χ3v) is 8.97. The molecule has 0 aliphatic heterocycles. The number of ether oxygens (including phenoxy) is 1. The van der Waals surface area contributed by atoms with Gasteiger partial charge in [-0.3, -0.25) is 20.4 Å². The molecule has 0 saturated heterocycles. The molecule has 256 valence electrons. The fraction of sp³-hybridized carbons (Fsp3) is 0.389. The Balaban J connectivity index is 1.38. The van der Waals surface area contributed by atoms with Gasteiger partial charge in [-0.2, -0.15) is 11.4 Å². The van der Waals surface area contributed by atoms with E-state index in [1.807, 2.05) is 35.9 Å². The predicted molar refractivity (Wildman–Crippen MR) is 197 cm³/mol. The van der Waals surface area contributed by atoms with Crippen LogP contribution < -0.4 is 15.5 Å². The standard InChI is InChI=1S/C36H47N7O4S/c1-4-6-8-11-22-47-36(46)41-34(37)26-13-16-28(17-14-26)39-25-32-40-29-24-27(15-18-30(29)42(32)3)35(45)43(31-12-9-10-20-38-31)21-19-33(44)48-23-7-5-2/h9-10,12-18,20,24,39,44,48H,4-8,11,19,21-23,25H2,1-3H3,(H2,37,41,46). The average molecular weight is 674 g/mol. The highest BCUT2D eigenvalue weighted by molar-refractivity contribution is 7.98. The van der Waals surface area contributed by atoms with E-state index in [4.69, 9.17) is 15.1 Å². The van der Waals surface area contributed by atoms with Crippen molar-refractivity contribution in [2.45, 2.75) is 65.3 Å². The number of amides is 2. The van der Waals surface area contributed by atoms with Gasteiger partial charge in [0.15, 0.2) is 0 Å². The number of aliphatic hydroxyl groups is 1. The zero-order valence-corrected chi connectivity index (χ0v) is 28.9. The van der Waals surface area contributed by atoms with Gasteiger partial charge in [0.05, 0.1) is 29.2 Å². The highest BCUT2D eigenvalue weighted by Crippen LogP contribution is 2.21. The summed E-state index contributed by atoms with van der Waals surface area (Å²) < 4.78 is 7.15. The van der Waals surface area contributed by atoms with Crippen LogP contribution in [0.25, 0.3) is 11.0 Å². The van der Waals surface area contributed by atoms with E-state index in [0.29, 0.717) is 53.6 Å². The number of aryl methyl sites for hydroxylation is 1. The molecule has 0 aliphatic rings. The van der Waals surface area contributed by atoms with Gasteiger partial charge in [-0.1, -0.05) is 45.6 Å². The maximum atomic E-state index is 13.8. The van der Waals surface area contributed by atoms with Crippen molar-refractivity contribution in [2.75, 3.05) is 29.1 Å². The summed E-state index contributed by atoms with van der Waals surface area (Å²) in [5.74, 6) is 1.98. The summed E-state index contributed by atoms with van der Waals surface area (Å²) in [4.78, 5) is 36.6. The molecule has 0 unspecified atom stereocenters. The highest BCUT2D eigenvalue weighted by atomic mass is 32.1. The molecule has 2 aromatic heterocycles. The van der Waals surface area contributed by atoms with Crippen molar-refractivity contribution >= 4 is 56.8 Å². The summed E-state index contributed by atoms with van der Waals surface area (Å²) in [6, 6.07) is 18.1. The number of nitrogens with one attached hydrogen (secondary N) is 3. The van der Waals surface area contributed by atoms with Crippen LogP contribution in [0.3, 0.4) is 0 Å². The molecule has 48 heavy (non-hydrogen) atoms. The number of hydrogen-bond donors (Lipinski definition) is 5. The van der Waals surface area contributed by atoms with Gasteiger partial charge in [-0.25, -0.2) is 14.8 Å². The third kappa shape index (κ3) is 10.5. The molecule has 12 heteroatoms. The number of benzene rings is 2. The van der Waals surface area contributed by atoms with Gasteiger partial charge in [-0.05, 0) is 73.2 Å². The Kier molecular flexibility index (Phi) is 14.1. The van der Waals surface area contributed by atoms with E-state index in [1.54, 1.807) is 47.5 Å². The summed E-state index contributed by atoms with van der Waals surface area (Å²) in [6.07, 6.45) is 7.58. The molecule has 4 rings (SSSR count). The quantitative estimate of drug-likeness (QED) is 0.0262. The lowest BCUT2D eigenvalue weighted by atomic mass is 10.1. The topological polar surface area (TPSA) is 145 Å². The predicted octanol–water partition coefficient (Wildman–Crippen LogP) is 7.20. The summed E-state index contributed by atoms with van der Waals surface area (Å²) in [6.45, 7) is 5.33. The van der Waals surface area contributed by atoms with Crippen molar-refractivity contribution in [1.29, 1.82) is 5.41 Å². The van der Waals surface area contributed by atoms with E-state index in [2.05, 4.69) is 29.5 Å². The highest BCUT2D eigenvalue weighted by Gasteiger charge is 2.20. The smallest absolute Gasteiger partial charge is 0.412 e. The maximum absolute atomic E-state index is 13.8. The van der Waals surface area contributed by atoms with Crippen LogP contribution in [-0.4, -0.2) is 61.4 Å². The monoisotopic (exact) mass is 673 g/mol. The Morgan fingerprint density at radius 2 is 1.77 bits per heavy atom. The second-order valence-electron chi connectivity index (χ2n) is 11.5. The van der Waals surface area contributed by atoms with Crippen molar-refractivity contribution in [2.24, 2.45) is 7.05 Å². The molecule has 4 N–H and O–H groups in total. The second-order valence-corrected chi connectivity index (χ2v) is 12.7. The number of alkyl carbamates (subject to hydrolysis) is 1. The number of imidazole rings is 1. The largest absolute Gasteiger partial charge is 0.449 e. The van der Waals surface area contributed by atoms with Crippen molar-refractivity contribution in [1.82, 2.24) is 19.9 Å². The first kappa shape index (κ1) is 36.3. The molecule has 0 bridgehead atoms. The number of aliphatic hydroxyl groups excluding tert-OH is 1. The SMILES string of the molecule is CCCCCCOC(=O)NC(=N)c1ccc(NCc2nc3cc(C(=O)N(CCC(O)=[SH]CCCC)c4ccccn4)ccc3n2C)cc1. The van der Waals surface area contributed by atoms with Crippen LogP contribution in [0.2, 0.25) is 0 Å². The van der Waals surface area contributed by atoms with Crippen molar-refractivity contribution in [3.8, 4) is 0 Å². The number of unbranched alkanes of at least 4 members (excludes halogenated alkanes) is 4. The van der Waals surface area contributed by atoms with Gasteiger partial charge < -0.3 is 19.7 Å². The van der Waals surface area contributed by atoms with E-state index < -0.39 is 6.09 Å². The molecule has 0 radical (unpaired) electrons. The van der Waals surface area contributed by atoms with Gasteiger partial charge in [0.2, 0.25) is 0 Å². The number of rotatable bonds is 17. The molecule has 4 aromatic rings. The van der Waals surface area contributed by atoms with Crippen LogP contribution in [0.5, 0.6) is 0 Å². The molecule has 0 fully saturated rings. The zero-order chi connectivity index (χ0) is 34.3. The second kappa shape index (κ2) is 18.7. The number of aromatic nitrogens is 3. The number of amidine groups is 1. The number of carbonyl (C=O) groups excluding carboxylic acids is 2. The zero-order valence-electron chi connectivity index (χ0n) is 28.0. The molecule has 0 spiro atoms. The summed E-state index contributed by atoms with van der Waals surface area (Å²) in [5.41, 5.74) is 3.46. The lowest BCUT2D eigenvalue weighted by Crippen LogP contribution is -2.33. The molecule has 0 atom stereocenters. The summed E-state index contributed by atoms with van der Waals surface area (Å²) >= 11 is 0.899. The average Bonchev–Trinajstić information content (AvgIpc) is 3.42. The van der Waals surface area contributed by atoms with Gasteiger partial charge in [-0.15, -0.1) is 0 Å².